The molecule has 0 fully saturated rings. The van der Waals surface area contributed by atoms with Gasteiger partial charge in [-0.1, -0.05) is 0 Å². The van der Waals surface area contributed by atoms with Gasteiger partial charge in [0, 0.05) is 46.3 Å². The second kappa shape index (κ2) is 6.41. The molecule has 0 aromatic carbocycles. The molecule has 0 bridgehead atoms. The normalized spacial score (nSPS) is 12.6. The van der Waals surface area contributed by atoms with E-state index < -0.39 is 0 Å². The molecule has 1 N–H and O–H groups in total. The van der Waals surface area contributed by atoms with Crippen LogP contribution in [0.3, 0.4) is 0 Å². The fourth-order valence-corrected chi connectivity index (χ4v) is 2.85. The second-order valence-electron chi connectivity index (χ2n) is 4.24. The van der Waals surface area contributed by atoms with Crippen LogP contribution in [-0.2, 0) is 12.8 Å². The molecule has 0 aliphatic rings. The highest BCUT2D eigenvalue weighted by Crippen LogP contribution is 2.14. The molecule has 18 heavy (non-hydrogen) atoms. The van der Waals surface area contributed by atoms with Crippen LogP contribution in [0.1, 0.15) is 16.4 Å². The number of aryl methyl sites for hydroxylation is 1. The Morgan fingerprint density at radius 3 is 2.78 bits per heavy atom. The van der Waals surface area contributed by atoms with Gasteiger partial charge in [0.2, 0.25) is 0 Å². The van der Waals surface area contributed by atoms with Crippen LogP contribution in [0.4, 0.5) is 0 Å². The SMILES string of the molecule is CNC(Cc1ccc(Br)cn1)Cc1nc(C)cs1. The quantitative estimate of drug-likeness (QED) is 0.918. The minimum Gasteiger partial charge on any atom is -0.316 e. The number of pyridine rings is 1. The van der Waals surface area contributed by atoms with E-state index in [0.717, 1.165) is 28.7 Å². The largest absolute Gasteiger partial charge is 0.316 e. The fourth-order valence-electron chi connectivity index (χ4n) is 1.76. The van der Waals surface area contributed by atoms with Gasteiger partial charge in [-0.25, -0.2) is 4.98 Å². The summed E-state index contributed by atoms with van der Waals surface area (Å²) in [5.41, 5.74) is 2.21. The van der Waals surface area contributed by atoms with Gasteiger partial charge in [0.25, 0.3) is 0 Å². The minimum absolute atomic E-state index is 0.379. The highest BCUT2D eigenvalue weighted by Gasteiger charge is 2.11. The topological polar surface area (TPSA) is 37.8 Å². The van der Waals surface area contributed by atoms with Crippen LogP contribution in [0, 0.1) is 6.92 Å². The summed E-state index contributed by atoms with van der Waals surface area (Å²) in [6.45, 7) is 2.03. The predicted molar refractivity (Wildman–Crippen MR) is 79.0 cm³/mol. The molecule has 1 unspecified atom stereocenters. The standard InChI is InChI=1S/C13H16BrN3S/c1-9-8-18-13(17-9)6-12(15-2)5-11-4-3-10(14)7-16-11/h3-4,7-8,12,15H,5-6H2,1-2H3. The molecule has 2 rings (SSSR count). The molecule has 0 aliphatic carbocycles. The van der Waals surface area contributed by atoms with Crippen LogP contribution in [0.5, 0.6) is 0 Å². The predicted octanol–water partition coefficient (Wildman–Crippen LogP) is 2.98. The number of hydrogen-bond donors (Lipinski definition) is 1. The number of rotatable bonds is 5. The second-order valence-corrected chi connectivity index (χ2v) is 6.10. The fraction of sp³-hybridized carbons (Fsp3) is 0.385. The van der Waals surface area contributed by atoms with Crippen molar-refractivity contribution in [2.24, 2.45) is 0 Å². The summed E-state index contributed by atoms with van der Waals surface area (Å²) in [6, 6.07) is 4.47. The third kappa shape index (κ3) is 3.86. The number of aromatic nitrogens is 2. The van der Waals surface area contributed by atoms with Gasteiger partial charge >= 0.3 is 0 Å². The van der Waals surface area contributed by atoms with Crippen molar-refractivity contribution >= 4 is 27.3 Å². The third-order valence-electron chi connectivity index (χ3n) is 2.74. The van der Waals surface area contributed by atoms with Gasteiger partial charge in [0.15, 0.2) is 0 Å². The van der Waals surface area contributed by atoms with E-state index in [1.165, 1.54) is 5.01 Å². The molecule has 0 aliphatic heterocycles. The minimum atomic E-state index is 0.379. The molecule has 0 saturated heterocycles. The lowest BCUT2D eigenvalue weighted by Gasteiger charge is -2.14. The molecule has 1 atom stereocenters. The number of likely N-dealkylation sites (N-methyl/N-ethyl adjacent to an activating group) is 1. The van der Waals surface area contributed by atoms with Crippen LogP contribution in [0.2, 0.25) is 0 Å². The zero-order chi connectivity index (χ0) is 13.0. The molecular weight excluding hydrogens is 310 g/mol. The molecule has 0 spiro atoms. The zero-order valence-electron chi connectivity index (χ0n) is 10.5. The Balaban J connectivity index is 1.99. The average molecular weight is 326 g/mol. The summed E-state index contributed by atoms with van der Waals surface area (Å²) >= 11 is 5.13. The Morgan fingerprint density at radius 1 is 1.39 bits per heavy atom. The summed E-state index contributed by atoms with van der Waals surface area (Å²) in [6.07, 6.45) is 3.71. The molecule has 0 saturated carbocycles. The molecule has 96 valence electrons. The van der Waals surface area contributed by atoms with E-state index in [-0.39, 0.29) is 0 Å². The highest BCUT2D eigenvalue weighted by molar-refractivity contribution is 9.10. The monoisotopic (exact) mass is 325 g/mol. The summed E-state index contributed by atoms with van der Waals surface area (Å²) in [7, 11) is 1.99. The molecule has 0 amide bonds. The summed E-state index contributed by atoms with van der Waals surface area (Å²) in [4.78, 5) is 8.91. The first-order valence-electron chi connectivity index (χ1n) is 5.86. The molecule has 0 radical (unpaired) electrons. The molecule has 3 nitrogen and oxygen atoms in total. The van der Waals surface area contributed by atoms with Crippen molar-refractivity contribution in [1.29, 1.82) is 0 Å². The number of hydrogen-bond acceptors (Lipinski definition) is 4. The maximum Gasteiger partial charge on any atom is 0.0943 e. The first kappa shape index (κ1) is 13.6. The molecular formula is C13H16BrN3S. The van der Waals surface area contributed by atoms with E-state index in [2.05, 4.69) is 42.7 Å². The lowest BCUT2D eigenvalue weighted by Crippen LogP contribution is -2.30. The van der Waals surface area contributed by atoms with E-state index in [1.54, 1.807) is 11.3 Å². The Labute approximate surface area is 120 Å². The summed E-state index contributed by atoms with van der Waals surface area (Å²) < 4.78 is 1.02. The van der Waals surface area contributed by atoms with Crippen LogP contribution < -0.4 is 5.32 Å². The number of thiazole rings is 1. The maximum absolute atomic E-state index is 4.50. The van der Waals surface area contributed by atoms with Crippen molar-refractivity contribution < 1.29 is 0 Å². The lowest BCUT2D eigenvalue weighted by atomic mass is 10.1. The Morgan fingerprint density at radius 2 is 2.22 bits per heavy atom. The van der Waals surface area contributed by atoms with Crippen molar-refractivity contribution in [2.45, 2.75) is 25.8 Å². The van der Waals surface area contributed by atoms with Crippen LogP contribution in [0.15, 0.2) is 28.2 Å². The van der Waals surface area contributed by atoms with Crippen molar-refractivity contribution in [3.63, 3.8) is 0 Å². The van der Waals surface area contributed by atoms with E-state index in [9.17, 15) is 0 Å². The van der Waals surface area contributed by atoms with Crippen LogP contribution in [0.25, 0.3) is 0 Å². The van der Waals surface area contributed by atoms with Crippen molar-refractivity contribution in [1.82, 2.24) is 15.3 Å². The van der Waals surface area contributed by atoms with Gasteiger partial charge in [0.1, 0.15) is 0 Å². The van der Waals surface area contributed by atoms with E-state index >= 15 is 0 Å². The lowest BCUT2D eigenvalue weighted by molar-refractivity contribution is 0.548. The smallest absolute Gasteiger partial charge is 0.0943 e. The molecule has 2 heterocycles. The molecule has 2 aromatic rings. The van der Waals surface area contributed by atoms with E-state index in [4.69, 9.17) is 0 Å². The Bertz CT molecular complexity index is 495. The number of nitrogens with one attached hydrogen (secondary N) is 1. The van der Waals surface area contributed by atoms with Gasteiger partial charge in [-0.05, 0) is 42.0 Å². The average Bonchev–Trinajstić information content (AvgIpc) is 2.77. The Hall–Kier alpha value is -0.780. The van der Waals surface area contributed by atoms with Gasteiger partial charge in [0.05, 0.1) is 5.01 Å². The summed E-state index contributed by atoms with van der Waals surface area (Å²) in [5, 5.41) is 6.62. The maximum atomic E-state index is 4.50. The van der Waals surface area contributed by atoms with Gasteiger partial charge in [-0.3, -0.25) is 4.98 Å². The van der Waals surface area contributed by atoms with E-state index in [1.807, 2.05) is 26.2 Å². The molecule has 2 aromatic heterocycles. The van der Waals surface area contributed by atoms with Gasteiger partial charge in [-0.2, -0.15) is 0 Å². The summed E-state index contributed by atoms with van der Waals surface area (Å²) in [5.74, 6) is 0. The zero-order valence-corrected chi connectivity index (χ0v) is 12.9. The van der Waals surface area contributed by atoms with E-state index in [0.29, 0.717) is 6.04 Å². The number of halogens is 1. The van der Waals surface area contributed by atoms with Crippen LogP contribution in [-0.4, -0.2) is 23.1 Å². The van der Waals surface area contributed by atoms with Crippen LogP contribution >= 0.6 is 27.3 Å². The molecule has 5 heteroatoms. The van der Waals surface area contributed by atoms with Crippen molar-refractivity contribution in [3.8, 4) is 0 Å². The third-order valence-corrected chi connectivity index (χ3v) is 4.20. The Kier molecular flexibility index (Phi) is 4.86. The van der Waals surface area contributed by atoms with Crippen molar-refractivity contribution in [2.75, 3.05) is 7.05 Å². The number of nitrogens with zero attached hydrogens (tertiary/aromatic N) is 2. The van der Waals surface area contributed by atoms with Gasteiger partial charge in [-0.15, -0.1) is 11.3 Å². The highest BCUT2D eigenvalue weighted by atomic mass is 79.9. The van der Waals surface area contributed by atoms with Gasteiger partial charge < -0.3 is 5.32 Å². The first-order chi connectivity index (χ1) is 8.67. The first-order valence-corrected chi connectivity index (χ1v) is 7.53. The van der Waals surface area contributed by atoms with Crippen molar-refractivity contribution in [3.05, 3.63) is 44.6 Å².